The number of primary amides is 1. The van der Waals surface area contributed by atoms with Gasteiger partial charge in [0.15, 0.2) is 0 Å². The van der Waals surface area contributed by atoms with Gasteiger partial charge in [0.2, 0.25) is 23.6 Å². The number of methoxy groups -OCH3 is 1. The molecular weight excluding hydrogens is 488 g/mol. The highest BCUT2D eigenvalue weighted by molar-refractivity contribution is 5.80. The van der Waals surface area contributed by atoms with Gasteiger partial charge in [-0.05, 0) is 18.4 Å². The number of hydrazine groups is 1. The fourth-order valence-electron chi connectivity index (χ4n) is 4.01. The molecule has 0 aliphatic carbocycles. The molecule has 212 valence electrons. The van der Waals surface area contributed by atoms with Crippen LogP contribution in [-0.2, 0) is 30.5 Å². The Balaban J connectivity index is 0.00000168. The number of hydrogen-bond donors (Lipinski definition) is 2. The molecule has 0 radical (unpaired) electrons. The topological polar surface area (TPSA) is 129 Å². The van der Waals surface area contributed by atoms with Crippen LogP contribution in [0.25, 0.3) is 0 Å². The molecule has 0 aromatic heterocycles. The lowest BCUT2D eigenvalue weighted by molar-refractivity contribution is -0.181. The first-order valence-electron chi connectivity index (χ1n) is 12.8. The number of nitrogens with two attached hydrogens (primary N) is 1. The third-order valence-corrected chi connectivity index (χ3v) is 5.87. The number of hydrogen-bond acceptors (Lipinski definition) is 7. The third-order valence-electron chi connectivity index (χ3n) is 5.87. The third kappa shape index (κ3) is 12.3. The minimum Gasteiger partial charge on any atom is -0.385 e. The zero-order chi connectivity index (χ0) is 28.5. The van der Waals surface area contributed by atoms with Gasteiger partial charge in [0.25, 0.3) is 0 Å². The maximum atomic E-state index is 13.1. The highest BCUT2D eigenvalue weighted by Gasteiger charge is 2.38. The van der Waals surface area contributed by atoms with E-state index in [2.05, 4.69) is 22.6 Å². The van der Waals surface area contributed by atoms with Crippen LogP contribution in [0.2, 0.25) is 0 Å². The standard InChI is InChI=1S/C25H39N5O4.C2H5NO/c1-5-6-13-23(32)26-14-16-29-24(19-28(21(2)31)15-10-17-34-4)30(27(3)20-25(29)33)18-22-11-8-7-9-12-22;1-2(3)4/h5,7-9,11-12,24H,1,6,10,13-20H2,2-4H3,(H,26,32);1H3,(H2,3,4). The first-order chi connectivity index (χ1) is 18.1. The lowest BCUT2D eigenvalue weighted by Crippen LogP contribution is -2.67. The number of carbonyl (C=O) groups excluding carboxylic acids is 4. The van der Waals surface area contributed by atoms with Crippen LogP contribution < -0.4 is 11.1 Å². The number of nitrogens with one attached hydrogen (secondary N) is 1. The Hall–Kier alpha value is -3.28. The summed E-state index contributed by atoms with van der Waals surface area (Å²) in [5.41, 5.74) is 5.58. The zero-order valence-electron chi connectivity index (χ0n) is 23.2. The molecule has 1 unspecified atom stereocenters. The average molecular weight is 533 g/mol. The smallest absolute Gasteiger partial charge is 0.239 e. The molecule has 2 rings (SSSR count). The van der Waals surface area contributed by atoms with E-state index in [1.54, 1.807) is 29.9 Å². The molecule has 38 heavy (non-hydrogen) atoms. The van der Waals surface area contributed by atoms with Crippen molar-refractivity contribution < 1.29 is 23.9 Å². The van der Waals surface area contributed by atoms with E-state index in [0.717, 1.165) is 5.56 Å². The van der Waals surface area contributed by atoms with Crippen molar-refractivity contribution in [3.8, 4) is 0 Å². The number of carbonyl (C=O) groups is 4. The average Bonchev–Trinajstić information content (AvgIpc) is 2.86. The number of ether oxygens (including phenoxy) is 1. The van der Waals surface area contributed by atoms with Crippen LogP contribution in [0.3, 0.4) is 0 Å². The molecule has 4 amide bonds. The maximum Gasteiger partial charge on any atom is 0.239 e. The Morgan fingerprint density at radius 2 is 1.89 bits per heavy atom. The molecule has 1 atom stereocenters. The predicted molar refractivity (Wildman–Crippen MR) is 146 cm³/mol. The van der Waals surface area contributed by atoms with E-state index >= 15 is 0 Å². The van der Waals surface area contributed by atoms with Gasteiger partial charge in [0.05, 0.1) is 13.1 Å². The SMILES string of the molecule is C=CCCC(=O)NCCN1C(=O)CN(C)N(Cc2ccccc2)C1CN(CCCOC)C(C)=O.CC(N)=O. The van der Waals surface area contributed by atoms with Crippen LogP contribution >= 0.6 is 0 Å². The summed E-state index contributed by atoms with van der Waals surface area (Å²) in [5, 5.41) is 6.94. The normalized spacial score (nSPS) is 15.8. The summed E-state index contributed by atoms with van der Waals surface area (Å²) in [6.45, 7) is 9.52. The fourth-order valence-corrected chi connectivity index (χ4v) is 4.01. The Morgan fingerprint density at radius 1 is 1.24 bits per heavy atom. The second kappa shape index (κ2) is 18.1. The van der Waals surface area contributed by atoms with Gasteiger partial charge in [0.1, 0.15) is 6.17 Å². The van der Waals surface area contributed by atoms with Crippen molar-refractivity contribution in [1.82, 2.24) is 25.1 Å². The van der Waals surface area contributed by atoms with Crippen LogP contribution in [-0.4, -0.2) is 103 Å². The van der Waals surface area contributed by atoms with Gasteiger partial charge in [-0.3, -0.25) is 19.2 Å². The van der Waals surface area contributed by atoms with Crippen LogP contribution in [0, 0.1) is 0 Å². The van der Waals surface area contributed by atoms with Crippen LogP contribution in [0.15, 0.2) is 43.0 Å². The molecular formula is C27H44N6O5. The van der Waals surface area contributed by atoms with Crippen molar-refractivity contribution in [1.29, 1.82) is 0 Å². The van der Waals surface area contributed by atoms with Crippen LogP contribution in [0.1, 0.15) is 38.7 Å². The predicted octanol–water partition coefficient (Wildman–Crippen LogP) is 0.963. The number of benzene rings is 1. The molecule has 1 heterocycles. The van der Waals surface area contributed by atoms with E-state index in [1.165, 1.54) is 6.92 Å². The van der Waals surface area contributed by atoms with Gasteiger partial charge in [-0.25, -0.2) is 10.0 Å². The number of likely N-dealkylation sites (N-methyl/N-ethyl adjacent to an activating group) is 1. The van der Waals surface area contributed by atoms with E-state index in [0.29, 0.717) is 58.6 Å². The number of amides is 4. The molecule has 1 aromatic rings. The van der Waals surface area contributed by atoms with Crippen molar-refractivity contribution in [3.05, 3.63) is 48.6 Å². The molecule has 0 bridgehead atoms. The Bertz CT molecular complexity index is 893. The Labute approximate surface area is 226 Å². The first kappa shape index (κ1) is 32.7. The van der Waals surface area contributed by atoms with Gasteiger partial charge in [-0.2, -0.15) is 0 Å². The summed E-state index contributed by atoms with van der Waals surface area (Å²) in [7, 11) is 3.53. The summed E-state index contributed by atoms with van der Waals surface area (Å²) < 4.78 is 5.15. The lowest BCUT2D eigenvalue weighted by atomic mass is 10.2. The van der Waals surface area contributed by atoms with Crippen molar-refractivity contribution in [3.63, 3.8) is 0 Å². The van der Waals surface area contributed by atoms with Crippen molar-refractivity contribution in [2.75, 3.05) is 53.5 Å². The van der Waals surface area contributed by atoms with Gasteiger partial charge >= 0.3 is 0 Å². The Morgan fingerprint density at radius 3 is 2.47 bits per heavy atom. The zero-order valence-corrected chi connectivity index (χ0v) is 23.2. The summed E-state index contributed by atoms with van der Waals surface area (Å²) in [4.78, 5) is 50.3. The molecule has 1 aliphatic heterocycles. The molecule has 11 heteroatoms. The highest BCUT2D eigenvalue weighted by Crippen LogP contribution is 2.20. The van der Waals surface area contributed by atoms with Gasteiger partial charge < -0.3 is 25.6 Å². The molecule has 3 N–H and O–H groups in total. The van der Waals surface area contributed by atoms with Gasteiger partial charge in [-0.15, -0.1) is 6.58 Å². The molecule has 1 aliphatic rings. The van der Waals surface area contributed by atoms with E-state index in [1.807, 2.05) is 42.4 Å². The van der Waals surface area contributed by atoms with E-state index in [4.69, 9.17) is 4.74 Å². The minimum absolute atomic E-state index is 0.0301. The largest absolute Gasteiger partial charge is 0.385 e. The summed E-state index contributed by atoms with van der Waals surface area (Å²) >= 11 is 0. The lowest BCUT2D eigenvalue weighted by Gasteiger charge is -2.49. The van der Waals surface area contributed by atoms with E-state index in [9.17, 15) is 19.2 Å². The quantitative estimate of drug-likeness (QED) is 0.270. The fraction of sp³-hybridized carbons (Fsp3) is 0.556. The van der Waals surface area contributed by atoms with Crippen molar-refractivity contribution in [2.45, 2.75) is 45.8 Å². The summed E-state index contributed by atoms with van der Waals surface area (Å²) in [5.74, 6) is -0.476. The molecule has 0 saturated carbocycles. The second-order valence-electron chi connectivity index (χ2n) is 9.07. The number of rotatable bonds is 14. The highest BCUT2D eigenvalue weighted by atomic mass is 16.5. The summed E-state index contributed by atoms with van der Waals surface area (Å²) in [6, 6.07) is 10.0. The number of nitrogens with zero attached hydrogens (tertiary/aromatic N) is 4. The summed E-state index contributed by atoms with van der Waals surface area (Å²) in [6.07, 6.45) is 3.05. The molecule has 0 spiro atoms. The second-order valence-corrected chi connectivity index (χ2v) is 9.07. The number of allylic oxidation sites excluding steroid dienone is 1. The van der Waals surface area contributed by atoms with Crippen molar-refractivity contribution >= 4 is 23.6 Å². The van der Waals surface area contributed by atoms with Crippen LogP contribution in [0.5, 0.6) is 0 Å². The first-order valence-corrected chi connectivity index (χ1v) is 12.8. The molecule has 11 nitrogen and oxygen atoms in total. The maximum absolute atomic E-state index is 13.1. The monoisotopic (exact) mass is 532 g/mol. The van der Waals surface area contributed by atoms with E-state index in [-0.39, 0.29) is 36.3 Å². The Kier molecular flexibility index (Phi) is 15.6. The van der Waals surface area contributed by atoms with Gasteiger partial charge in [-0.1, -0.05) is 36.4 Å². The molecule has 1 aromatic carbocycles. The minimum atomic E-state index is -0.358. The van der Waals surface area contributed by atoms with Crippen molar-refractivity contribution in [2.24, 2.45) is 5.73 Å². The molecule has 1 fully saturated rings. The van der Waals surface area contributed by atoms with Crippen LogP contribution in [0.4, 0.5) is 0 Å². The van der Waals surface area contributed by atoms with E-state index < -0.39 is 0 Å². The van der Waals surface area contributed by atoms with Gasteiger partial charge in [0, 0.05) is 67.2 Å². The molecule has 1 saturated heterocycles.